The standard InChI is InChI=1S/C19H19F3N2O3/c1-26-12-3-6-15(16(11-12)27-2)23-7-9-24(10-8-23)19(25)13-4-5-14(20)18(22)17(13)21/h3-6,11H,7-10H2,1-2H3. The van der Waals surface area contributed by atoms with Crippen molar-refractivity contribution in [2.75, 3.05) is 45.3 Å². The third-order valence-electron chi connectivity index (χ3n) is 4.56. The van der Waals surface area contributed by atoms with Gasteiger partial charge in [-0.1, -0.05) is 0 Å². The second-order valence-electron chi connectivity index (χ2n) is 6.04. The molecule has 1 fully saturated rings. The van der Waals surface area contributed by atoms with Crippen LogP contribution in [0, 0.1) is 17.5 Å². The third kappa shape index (κ3) is 3.65. The molecule has 8 heteroatoms. The summed E-state index contributed by atoms with van der Waals surface area (Å²) in [6.45, 7) is 1.60. The van der Waals surface area contributed by atoms with Crippen LogP contribution in [0.4, 0.5) is 18.9 Å². The summed E-state index contributed by atoms with van der Waals surface area (Å²) in [5.74, 6) is -3.77. The first-order valence-corrected chi connectivity index (χ1v) is 8.36. The summed E-state index contributed by atoms with van der Waals surface area (Å²) in [6.07, 6.45) is 0. The Morgan fingerprint density at radius 2 is 1.63 bits per heavy atom. The minimum absolute atomic E-state index is 0.312. The maximum atomic E-state index is 13.9. The first kappa shape index (κ1) is 18.9. The molecule has 0 radical (unpaired) electrons. The van der Waals surface area contributed by atoms with Crippen LogP contribution in [-0.2, 0) is 0 Å². The zero-order chi connectivity index (χ0) is 19.6. The molecule has 0 aliphatic carbocycles. The van der Waals surface area contributed by atoms with Crippen molar-refractivity contribution in [2.45, 2.75) is 0 Å². The lowest BCUT2D eigenvalue weighted by molar-refractivity contribution is 0.0740. The molecule has 0 aromatic heterocycles. The molecule has 2 aromatic carbocycles. The molecule has 0 spiro atoms. The Balaban J connectivity index is 1.72. The van der Waals surface area contributed by atoms with Crippen molar-refractivity contribution in [3.63, 3.8) is 0 Å². The number of carbonyl (C=O) groups is 1. The van der Waals surface area contributed by atoms with Crippen LogP contribution in [-0.4, -0.2) is 51.2 Å². The summed E-state index contributed by atoms with van der Waals surface area (Å²) in [5.41, 5.74) is 0.383. The molecule has 0 saturated carbocycles. The molecule has 1 amide bonds. The molecule has 1 aliphatic heterocycles. The van der Waals surface area contributed by atoms with Gasteiger partial charge in [0.25, 0.3) is 5.91 Å². The molecule has 0 unspecified atom stereocenters. The van der Waals surface area contributed by atoms with Gasteiger partial charge in [-0.15, -0.1) is 0 Å². The van der Waals surface area contributed by atoms with Gasteiger partial charge in [-0.25, -0.2) is 13.2 Å². The molecule has 0 bridgehead atoms. The lowest BCUT2D eigenvalue weighted by Gasteiger charge is -2.36. The van der Waals surface area contributed by atoms with Crippen LogP contribution in [0.15, 0.2) is 30.3 Å². The first-order chi connectivity index (χ1) is 13.0. The molecule has 0 N–H and O–H groups in total. The fourth-order valence-corrected chi connectivity index (χ4v) is 3.06. The molecular formula is C19H19F3N2O3. The first-order valence-electron chi connectivity index (χ1n) is 8.36. The van der Waals surface area contributed by atoms with Crippen LogP contribution in [0.3, 0.4) is 0 Å². The van der Waals surface area contributed by atoms with E-state index < -0.39 is 28.9 Å². The van der Waals surface area contributed by atoms with Crippen molar-refractivity contribution in [3.05, 3.63) is 53.3 Å². The highest BCUT2D eigenvalue weighted by Crippen LogP contribution is 2.33. The van der Waals surface area contributed by atoms with E-state index in [0.717, 1.165) is 17.8 Å². The molecule has 27 heavy (non-hydrogen) atoms. The molecule has 1 heterocycles. The Labute approximate surface area is 154 Å². The van der Waals surface area contributed by atoms with Crippen LogP contribution < -0.4 is 14.4 Å². The summed E-state index contributed by atoms with van der Waals surface area (Å²) in [4.78, 5) is 15.9. The maximum Gasteiger partial charge on any atom is 0.257 e. The number of benzene rings is 2. The molecule has 2 aromatic rings. The Hall–Kier alpha value is -2.90. The lowest BCUT2D eigenvalue weighted by atomic mass is 10.1. The number of ether oxygens (including phenoxy) is 2. The van der Waals surface area contributed by atoms with Gasteiger partial charge in [0, 0.05) is 32.2 Å². The van der Waals surface area contributed by atoms with Gasteiger partial charge in [0.05, 0.1) is 25.5 Å². The van der Waals surface area contributed by atoms with Gasteiger partial charge in [0.1, 0.15) is 11.5 Å². The van der Waals surface area contributed by atoms with Gasteiger partial charge >= 0.3 is 0 Å². The molecule has 144 valence electrons. The van der Waals surface area contributed by atoms with Crippen molar-refractivity contribution in [1.29, 1.82) is 0 Å². The van der Waals surface area contributed by atoms with E-state index in [-0.39, 0.29) is 0 Å². The Bertz CT molecular complexity index is 852. The van der Waals surface area contributed by atoms with E-state index in [1.165, 1.54) is 4.90 Å². The van der Waals surface area contributed by atoms with Crippen LogP contribution >= 0.6 is 0 Å². The normalized spacial score (nSPS) is 14.3. The number of nitrogens with zero attached hydrogens (tertiary/aromatic N) is 2. The number of hydrogen-bond donors (Lipinski definition) is 0. The molecular weight excluding hydrogens is 361 g/mol. The summed E-state index contributed by atoms with van der Waals surface area (Å²) >= 11 is 0. The average Bonchev–Trinajstić information content (AvgIpc) is 2.71. The number of rotatable bonds is 4. The van der Waals surface area contributed by atoms with Crippen LogP contribution in [0.5, 0.6) is 11.5 Å². The van der Waals surface area contributed by atoms with E-state index in [0.29, 0.717) is 37.7 Å². The molecule has 1 aliphatic rings. The van der Waals surface area contributed by atoms with E-state index >= 15 is 0 Å². The van der Waals surface area contributed by atoms with E-state index in [1.54, 1.807) is 20.3 Å². The van der Waals surface area contributed by atoms with Crippen LogP contribution in [0.1, 0.15) is 10.4 Å². The number of halogens is 3. The number of hydrogen-bond acceptors (Lipinski definition) is 4. The molecule has 1 saturated heterocycles. The van der Waals surface area contributed by atoms with Gasteiger partial charge in [0.2, 0.25) is 0 Å². The van der Waals surface area contributed by atoms with Crippen molar-refractivity contribution < 1.29 is 27.4 Å². The molecule has 5 nitrogen and oxygen atoms in total. The summed E-state index contributed by atoms with van der Waals surface area (Å²) in [5, 5.41) is 0. The summed E-state index contributed by atoms with van der Waals surface area (Å²) in [7, 11) is 3.13. The Kier molecular flexibility index (Phi) is 5.43. The van der Waals surface area contributed by atoms with E-state index in [4.69, 9.17) is 9.47 Å². The predicted molar refractivity (Wildman–Crippen MR) is 94.0 cm³/mol. The quantitative estimate of drug-likeness (QED) is 0.765. The third-order valence-corrected chi connectivity index (χ3v) is 4.56. The van der Waals surface area contributed by atoms with E-state index in [2.05, 4.69) is 0 Å². The summed E-state index contributed by atoms with van der Waals surface area (Å²) in [6, 6.07) is 7.17. The van der Waals surface area contributed by atoms with Gasteiger partial charge in [0.15, 0.2) is 17.5 Å². The predicted octanol–water partition coefficient (Wildman–Crippen LogP) is 3.08. The van der Waals surface area contributed by atoms with Crippen molar-refractivity contribution in [2.24, 2.45) is 0 Å². The average molecular weight is 380 g/mol. The zero-order valence-corrected chi connectivity index (χ0v) is 15.0. The Morgan fingerprint density at radius 3 is 2.26 bits per heavy atom. The van der Waals surface area contributed by atoms with Crippen LogP contribution in [0.25, 0.3) is 0 Å². The minimum atomic E-state index is -1.64. The smallest absolute Gasteiger partial charge is 0.257 e. The van der Waals surface area contributed by atoms with Gasteiger partial charge in [-0.05, 0) is 24.3 Å². The fourth-order valence-electron chi connectivity index (χ4n) is 3.06. The SMILES string of the molecule is COc1ccc(N2CCN(C(=O)c3ccc(F)c(F)c3F)CC2)c(OC)c1. The van der Waals surface area contributed by atoms with Crippen molar-refractivity contribution in [1.82, 2.24) is 4.90 Å². The largest absolute Gasteiger partial charge is 0.497 e. The highest BCUT2D eigenvalue weighted by Gasteiger charge is 2.27. The second-order valence-corrected chi connectivity index (χ2v) is 6.04. The lowest BCUT2D eigenvalue weighted by Crippen LogP contribution is -2.49. The van der Waals surface area contributed by atoms with Gasteiger partial charge < -0.3 is 19.3 Å². The number of anilines is 1. The van der Waals surface area contributed by atoms with Crippen molar-refractivity contribution in [3.8, 4) is 11.5 Å². The van der Waals surface area contributed by atoms with Crippen LogP contribution in [0.2, 0.25) is 0 Å². The monoisotopic (exact) mass is 380 g/mol. The van der Waals surface area contributed by atoms with Gasteiger partial charge in [-0.2, -0.15) is 0 Å². The highest BCUT2D eigenvalue weighted by atomic mass is 19.2. The number of carbonyl (C=O) groups excluding carboxylic acids is 1. The molecule has 3 rings (SSSR count). The topological polar surface area (TPSA) is 42.0 Å². The van der Waals surface area contributed by atoms with E-state index in [9.17, 15) is 18.0 Å². The van der Waals surface area contributed by atoms with Crippen molar-refractivity contribution >= 4 is 11.6 Å². The number of amides is 1. The number of piperazine rings is 1. The maximum absolute atomic E-state index is 13.9. The Morgan fingerprint density at radius 1 is 0.926 bits per heavy atom. The van der Waals surface area contributed by atoms with Gasteiger partial charge in [-0.3, -0.25) is 4.79 Å². The van der Waals surface area contributed by atoms with E-state index in [1.807, 2.05) is 17.0 Å². The highest BCUT2D eigenvalue weighted by molar-refractivity contribution is 5.94. The second kappa shape index (κ2) is 7.77. The molecule has 0 atom stereocenters. The fraction of sp³-hybridized carbons (Fsp3) is 0.316. The summed E-state index contributed by atoms with van der Waals surface area (Å²) < 4.78 is 50.9. The zero-order valence-electron chi connectivity index (χ0n) is 15.0. The minimum Gasteiger partial charge on any atom is -0.497 e. The number of methoxy groups -OCH3 is 2.